The molecule has 0 aromatic carbocycles. The lowest BCUT2D eigenvalue weighted by molar-refractivity contribution is -0.124. The van der Waals surface area contributed by atoms with Gasteiger partial charge in [-0.3, -0.25) is 14.2 Å². The van der Waals surface area contributed by atoms with Crippen LogP contribution in [0.4, 0.5) is 8.78 Å². The molecule has 2 heterocycles. The van der Waals surface area contributed by atoms with Crippen molar-refractivity contribution in [2.45, 2.75) is 46.2 Å². The molecule has 132 valence electrons. The summed E-state index contributed by atoms with van der Waals surface area (Å²) >= 11 is 3.11. The highest BCUT2D eigenvalue weighted by molar-refractivity contribution is 9.10. The standard InChI is InChI=1S/C15H20BrF2N5O/c1-7(11-6-22(5)20-8(11)2)19-15(24)10(4)23-9(3)12(16)13(21-23)14(17)18/h6-7,10,14H,1-5H3,(H,19,24)/t7-,10+/m1/s1. The molecule has 0 aliphatic rings. The monoisotopic (exact) mass is 403 g/mol. The number of aromatic nitrogens is 4. The molecule has 0 saturated heterocycles. The van der Waals surface area contributed by atoms with Gasteiger partial charge in [-0.15, -0.1) is 0 Å². The van der Waals surface area contributed by atoms with Crippen molar-refractivity contribution in [3.8, 4) is 0 Å². The third-order valence-corrected chi connectivity index (χ3v) is 4.91. The second kappa shape index (κ2) is 7.00. The molecular formula is C15H20BrF2N5O. The van der Waals surface area contributed by atoms with E-state index in [0.717, 1.165) is 11.3 Å². The number of carbonyl (C=O) groups is 1. The van der Waals surface area contributed by atoms with E-state index in [9.17, 15) is 13.6 Å². The molecule has 6 nitrogen and oxygen atoms in total. The van der Waals surface area contributed by atoms with Gasteiger partial charge in [0.2, 0.25) is 5.91 Å². The summed E-state index contributed by atoms with van der Waals surface area (Å²) in [5.41, 5.74) is 1.86. The Morgan fingerprint density at radius 3 is 2.38 bits per heavy atom. The van der Waals surface area contributed by atoms with E-state index in [1.54, 1.807) is 18.5 Å². The van der Waals surface area contributed by atoms with E-state index in [4.69, 9.17) is 0 Å². The van der Waals surface area contributed by atoms with Gasteiger partial charge in [-0.1, -0.05) is 0 Å². The smallest absolute Gasteiger partial charge is 0.283 e. The zero-order chi connectivity index (χ0) is 18.2. The molecule has 0 saturated carbocycles. The Morgan fingerprint density at radius 1 is 1.29 bits per heavy atom. The zero-order valence-electron chi connectivity index (χ0n) is 14.1. The fourth-order valence-electron chi connectivity index (χ4n) is 2.60. The quantitative estimate of drug-likeness (QED) is 0.831. The molecule has 2 aromatic heterocycles. The number of nitrogens with zero attached hydrogens (tertiary/aromatic N) is 4. The van der Waals surface area contributed by atoms with Gasteiger partial charge in [0.15, 0.2) is 0 Å². The SMILES string of the molecule is Cc1nn(C)cc1[C@@H](C)NC(=O)[C@H](C)n1nc(C(F)F)c(Br)c1C. The summed E-state index contributed by atoms with van der Waals surface area (Å²) in [6.45, 7) is 6.98. The van der Waals surface area contributed by atoms with Gasteiger partial charge in [-0.2, -0.15) is 10.2 Å². The summed E-state index contributed by atoms with van der Waals surface area (Å²) in [5, 5.41) is 11.0. The van der Waals surface area contributed by atoms with Gasteiger partial charge in [0.1, 0.15) is 11.7 Å². The van der Waals surface area contributed by atoms with Crippen LogP contribution in [0.2, 0.25) is 0 Å². The van der Waals surface area contributed by atoms with Gasteiger partial charge in [0.25, 0.3) is 6.43 Å². The minimum atomic E-state index is -2.70. The molecule has 0 bridgehead atoms. The van der Waals surface area contributed by atoms with E-state index in [1.165, 1.54) is 4.68 Å². The number of carbonyl (C=O) groups excluding carboxylic acids is 1. The zero-order valence-corrected chi connectivity index (χ0v) is 15.7. The van der Waals surface area contributed by atoms with Gasteiger partial charge in [-0.25, -0.2) is 8.78 Å². The largest absolute Gasteiger partial charge is 0.348 e. The van der Waals surface area contributed by atoms with Crippen LogP contribution in [0.3, 0.4) is 0 Å². The van der Waals surface area contributed by atoms with Gasteiger partial charge in [0.05, 0.1) is 21.9 Å². The van der Waals surface area contributed by atoms with Crippen molar-refractivity contribution in [2.75, 3.05) is 0 Å². The van der Waals surface area contributed by atoms with Crippen molar-refractivity contribution < 1.29 is 13.6 Å². The fourth-order valence-corrected chi connectivity index (χ4v) is 3.04. The first kappa shape index (κ1) is 18.6. The first-order valence-electron chi connectivity index (χ1n) is 7.46. The third-order valence-electron chi connectivity index (χ3n) is 3.93. The minimum absolute atomic E-state index is 0.230. The average molecular weight is 404 g/mol. The lowest BCUT2D eigenvalue weighted by Gasteiger charge is -2.18. The summed E-state index contributed by atoms with van der Waals surface area (Å²) in [6, 6.07) is -0.962. The van der Waals surface area contributed by atoms with Crippen LogP contribution in [-0.2, 0) is 11.8 Å². The Morgan fingerprint density at radius 2 is 1.92 bits per heavy atom. The molecule has 0 aliphatic carbocycles. The number of aryl methyl sites for hydroxylation is 2. The Bertz CT molecular complexity index is 755. The van der Waals surface area contributed by atoms with Crippen molar-refractivity contribution in [3.05, 3.63) is 33.3 Å². The molecule has 9 heteroatoms. The molecule has 2 aromatic rings. The average Bonchev–Trinajstić information content (AvgIpc) is 2.98. The maximum Gasteiger partial charge on any atom is 0.283 e. The first-order chi connectivity index (χ1) is 11.1. The van der Waals surface area contributed by atoms with Crippen LogP contribution in [0.5, 0.6) is 0 Å². The molecule has 0 fully saturated rings. The Labute approximate surface area is 147 Å². The fraction of sp³-hybridized carbons (Fsp3) is 0.533. The molecule has 24 heavy (non-hydrogen) atoms. The predicted molar refractivity (Wildman–Crippen MR) is 88.8 cm³/mol. The highest BCUT2D eigenvalue weighted by Gasteiger charge is 2.26. The third kappa shape index (κ3) is 3.50. The second-order valence-corrected chi connectivity index (χ2v) is 6.57. The normalized spacial score (nSPS) is 14.0. The van der Waals surface area contributed by atoms with Crippen molar-refractivity contribution in [1.29, 1.82) is 0 Å². The highest BCUT2D eigenvalue weighted by atomic mass is 79.9. The van der Waals surface area contributed by atoms with Crippen LogP contribution in [0.1, 0.15) is 55.0 Å². The molecule has 2 atom stereocenters. The van der Waals surface area contributed by atoms with Gasteiger partial charge in [-0.05, 0) is 43.6 Å². The summed E-state index contributed by atoms with van der Waals surface area (Å²) < 4.78 is 29.1. The van der Waals surface area contributed by atoms with Crippen LogP contribution in [0.15, 0.2) is 10.7 Å². The summed E-state index contributed by atoms with van der Waals surface area (Å²) in [5.74, 6) is -0.301. The molecule has 2 rings (SSSR count). The Balaban J connectivity index is 2.18. The maximum atomic E-state index is 12.9. The van der Waals surface area contributed by atoms with Crippen LogP contribution in [0, 0.1) is 13.8 Å². The number of rotatable bonds is 5. The van der Waals surface area contributed by atoms with E-state index < -0.39 is 12.5 Å². The molecule has 1 amide bonds. The molecule has 1 N–H and O–H groups in total. The van der Waals surface area contributed by atoms with Crippen molar-refractivity contribution in [3.63, 3.8) is 0 Å². The van der Waals surface area contributed by atoms with Crippen molar-refractivity contribution in [1.82, 2.24) is 24.9 Å². The molecule has 0 aliphatic heterocycles. The lowest BCUT2D eigenvalue weighted by atomic mass is 10.1. The molecule has 0 radical (unpaired) electrons. The van der Waals surface area contributed by atoms with Gasteiger partial charge >= 0.3 is 0 Å². The first-order valence-corrected chi connectivity index (χ1v) is 8.26. The van der Waals surface area contributed by atoms with Crippen LogP contribution >= 0.6 is 15.9 Å². The molecule has 0 spiro atoms. The number of halogens is 3. The number of alkyl halides is 2. The van der Waals surface area contributed by atoms with Crippen LogP contribution < -0.4 is 5.32 Å². The predicted octanol–water partition coefficient (Wildman–Crippen LogP) is 3.37. The second-order valence-electron chi connectivity index (χ2n) is 5.78. The molecule has 0 unspecified atom stereocenters. The minimum Gasteiger partial charge on any atom is -0.348 e. The van der Waals surface area contributed by atoms with E-state index in [0.29, 0.717) is 5.69 Å². The van der Waals surface area contributed by atoms with E-state index >= 15 is 0 Å². The van der Waals surface area contributed by atoms with E-state index in [2.05, 4.69) is 31.4 Å². The number of hydrogen-bond acceptors (Lipinski definition) is 3. The summed E-state index contributed by atoms with van der Waals surface area (Å²) in [6.07, 6.45) is -0.859. The Hall–Kier alpha value is -1.77. The molecular weight excluding hydrogens is 384 g/mol. The van der Waals surface area contributed by atoms with Gasteiger partial charge in [0, 0.05) is 18.8 Å². The number of amides is 1. The van der Waals surface area contributed by atoms with Crippen LogP contribution in [-0.4, -0.2) is 25.5 Å². The summed E-state index contributed by atoms with van der Waals surface area (Å²) in [7, 11) is 1.81. The van der Waals surface area contributed by atoms with Crippen molar-refractivity contribution in [2.24, 2.45) is 7.05 Å². The highest BCUT2D eigenvalue weighted by Crippen LogP contribution is 2.30. The number of nitrogens with one attached hydrogen (secondary N) is 1. The maximum absolute atomic E-state index is 12.9. The number of hydrogen-bond donors (Lipinski definition) is 1. The van der Waals surface area contributed by atoms with Gasteiger partial charge < -0.3 is 5.32 Å². The lowest BCUT2D eigenvalue weighted by Crippen LogP contribution is -2.34. The van der Waals surface area contributed by atoms with E-state index in [-0.39, 0.29) is 22.1 Å². The summed E-state index contributed by atoms with van der Waals surface area (Å²) in [4.78, 5) is 12.5. The Kier molecular flexibility index (Phi) is 5.42. The van der Waals surface area contributed by atoms with Crippen LogP contribution in [0.25, 0.3) is 0 Å². The van der Waals surface area contributed by atoms with Crippen molar-refractivity contribution >= 4 is 21.8 Å². The van der Waals surface area contributed by atoms with E-state index in [1.807, 2.05) is 27.1 Å². The topological polar surface area (TPSA) is 64.7 Å².